The van der Waals surface area contributed by atoms with Crippen LogP contribution in [0.1, 0.15) is 23.1 Å². The lowest BCUT2D eigenvalue weighted by Gasteiger charge is -2.52. The van der Waals surface area contributed by atoms with Gasteiger partial charge in [-0.1, -0.05) is 111 Å². The first-order valence-electron chi connectivity index (χ1n) is 17.1. The van der Waals surface area contributed by atoms with Crippen LogP contribution in [0.25, 0.3) is 41.8 Å². The van der Waals surface area contributed by atoms with Gasteiger partial charge >= 0.3 is 5.97 Å². The second kappa shape index (κ2) is 20.4. The summed E-state index contributed by atoms with van der Waals surface area (Å²) in [6.45, 7) is -0.872. The topological polar surface area (TPSA) is 278 Å². The zero-order valence-corrected chi connectivity index (χ0v) is 28.9. The molecule has 1 aliphatic carbocycles. The van der Waals surface area contributed by atoms with Crippen molar-refractivity contribution in [3.63, 3.8) is 0 Å². The maximum absolute atomic E-state index is 12.0. The minimum Gasteiger partial charge on any atom is -0.480 e. The van der Waals surface area contributed by atoms with Gasteiger partial charge in [0, 0.05) is 31.6 Å². The van der Waals surface area contributed by atoms with Gasteiger partial charge in [-0.15, -0.1) is 0 Å². The molecule has 54 heavy (non-hydrogen) atoms. The lowest BCUT2D eigenvalue weighted by molar-refractivity contribution is -0.244. The molecule has 1 heterocycles. The number of azide groups is 4. The average molecular weight is 739 g/mol. The van der Waals surface area contributed by atoms with Crippen LogP contribution in [-0.2, 0) is 48.3 Å². The Balaban J connectivity index is 1.62. The molecular formula is C35H38N12O7. The zero-order chi connectivity index (χ0) is 38.1. The molecule has 2 fully saturated rings. The Morgan fingerprint density at radius 3 is 1.65 bits per heavy atom. The molecule has 1 aliphatic heterocycles. The van der Waals surface area contributed by atoms with Crippen molar-refractivity contribution in [3.05, 3.63) is 149 Å². The van der Waals surface area contributed by atoms with Crippen molar-refractivity contribution < 1.29 is 33.6 Å². The number of hydrogen-bond donors (Lipinski definition) is 1. The third-order valence-electron chi connectivity index (χ3n) is 9.25. The molecule has 0 amide bonds. The van der Waals surface area contributed by atoms with Gasteiger partial charge in [-0.05, 0) is 45.2 Å². The quantitative estimate of drug-likeness (QED) is 0.0785. The molecule has 280 valence electrons. The van der Waals surface area contributed by atoms with Gasteiger partial charge in [0.25, 0.3) is 0 Å². The van der Waals surface area contributed by atoms with E-state index in [1.165, 1.54) is 0 Å². The van der Waals surface area contributed by atoms with Crippen molar-refractivity contribution in [1.82, 2.24) is 0 Å². The highest BCUT2D eigenvalue weighted by Crippen LogP contribution is 2.43. The number of carboxylic acid groups (broad SMARTS) is 1. The molecule has 0 unspecified atom stereocenters. The molecule has 19 nitrogen and oxygen atoms in total. The number of ether oxygens (including phenoxy) is 5. The molecule has 0 radical (unpaired) electrons. The summed E-state index contributed by atoms with van der Waals surface area (Å²) in [5, 5.41) is 25.7. The van der Waals surface area contributed by atoms with E-state index in [1.54, 1.807) is 0 Å². The molecule has 19 heteroatoms. The Morgan fingerprint density at radius 1 is 0.648 bits per heavy atom. The second-order valence-corrected chi connectivity index (χ2v) is 12.6. The third-order valence-corrected chi connectivity index (χ3v) is 9.25. The maximum atomic E-state index is 12.0. The van der Waals surface area contributed by atoms with Crippen molar-refractivity contribution in [2.24, 2.45) is 26.4 Å². The van der Waals surface area contributed by atoms with Gasteiger partial charge in [-0.3, -0.25) is 0 Å². The largest absolute Gasteiger partial charge is 0.480 e. The first kappa shape index (κ1) is 39.4. The lowest BCUT2D eigenvalue weighted by Crippen LogP contribution is -2.66. The van der Waals surface area contributed by atoms with E-state index < -0.39 is 73.2 Å². The van der Waals surface area contributed by atoms with Crippen LogP contribution >= 0.6 is 0 Å². The first-order valence-corrected chi connectivity index (χ1v) is 17.1. The van der Waals surface area contributed by atoms with Crippen LogP contribution in [0, 0.1) is 5.92 Å². The van der Waals surface area contributed by atoms with Crippen LogP contribution in [-0.4, -0.2) is 79.0 Å². The van der Waals surface area contributed by atoms with E-state index in [2.05, 4.69) is 40.1 Å². The molecule has 10 atom stereocenters. The maximum Gasteiger partial charge on any atom is 0.329 e. The van der Waals surface area contributed by atoms with Crippen LogP contribution in [0.5, 0.6) is 0 Å². The van der Waals surface area contributed by atoms with E-state index in [0.717, 1.165) is 16.7 Å². The normalized spacial score (nSPS) is 27.6. The molecule has 0 bridgehead atoms. The Labute approximate surface area is 309 Å². The monoisotopic (exact) mass is 738 g/mol. The minimum absolute atomic E-state index is 0.0256. The van der Waals surface area contributed by atoms with Crippen LogP contribution in [0.4, 0.5) is 0 Å². The van der Waals surface area contributed by atoms with Gasteiger partial charge < -0.3 is 28.8 Å². The molecule has 0 aromatic heterocycles. The lowest BCUT2D eigenvalue weighted by atomic mass is 9.71. The number of nitrogens with zero attached hydrogens (tertiary/aromatic N) is 12. The van der Waals surface area contributed by atoms with Gasteiger partial charge in [0.2, 0.25) is 0 Å². The average Bonchev–Trinajstić information content (AvgIpc) is 3.19. The highest BCUT2D eigenvalue weighted by atomic mass is 16.6. The summed E-state index contributed by atoms with van der Waals surface area (Å²) in [4.78, 5) is 24.1. The summed E-state index contributed by atoms with van der Waals surface area (Å²) in [5.74, 6) is -2.38. The summed E-state index contributed by atoms with van der Waals surface area (Å²) in [6, 6.07) is 24.4. The number of rotatable bonds is 18. The fourth-order valence-corrected chi connectivity index (χ4v) is 6.97. The summed E-state index contributed by atoms with van der Waals surface area (Å²) < 4.78 is 32.1. The highest BCUT2D eigenvalue weighted by Gasteiger charge is 2.56. The van der Waals surface area contributed by atoms with E-state index in [-0.39, 0.29) is 32.8 Å². The second-order valence-electron chi connectivity index (χ2n) is 12.6. The van der Waals surface area contributed by atoms with E-state index in [4.69, 9.17) is 23.7 Å². The molecule has 1 saturated heterocycles. The first-order chi connectivity index (χ1) is 26.5. The molecule has 0 spiro atoms. The van der Waals surface area contributed by atoms with Crippen molar-refractivity contribution in [2.45, 2.75) is 81.0 Å². The predicted molar refractivity (Wildman–Crippen MR) is 192 cm³/mol. The van der Waals surface area contributed by atoms with Crippen molar-refractivity contribution >= 4 is 5.97 Å². The van der Waals surface area contributed by atoms with E-state index in [0.29, 0.717) is 0 Å². The number of aliphatic carboxylic acids is 1. The van der Waals surface area contributed by atoms with E-state index in [9.17, 15) is 32.0 Å². The van der Waals surface area contributed by atoms with Crippen molar-refractivity contribution in [2.75, 3.05) is 13.2 Å². The molecule has 1 N–H and O–H groups in total. The summed E-state index contributed by atoms with van der Waals surface area (Å²) in [5.41, 5.74) is 41.1. The predicted octanol–water partition coefficient (Wildman–Crippen LogP) is 7.35. The van der Waals surface area contributed by atoms with Crippen LogP contribution in [0.2, 0.25) is 0 Å². The standard InChI is InChI=1S/C35H38N12O7/c36-44-40-17-27-32(51-19-23-12-6-2-7-13-23)35(52-20-24-14-8-3-9-15-24)30(43-47-39)33(54-27)29-25(41-45-37)16-26(42-46-38)31(34(29)53-21-28(48)49)50-18-22-10-4-1-5-11-22/h1-15,25-27,29-35H,16-21H2,(H,48,49)/t25-,26+,27+,29-,30-,31-,32+,33+,34-,35+/m0/s1. The molecular weight excluding hydrogens is 700 g/mol. The summed E-state index contributed by atoms with van der Waals surface area (Å²) >= 11 is 0. The molecule has 5 rings (SSSR count). The Kier molecular flexibility index (Phi) is 14.9. The van der Waals surface area contributed by atoms with Gasteiger partial charge in [-0.25, -0.2) is 4.79 Å². The van der Waals surface area contributed by atoms with E-state index >= 15 is 0 Å². The van der Waals surface area contributed by atoms with Gasteiger partial charge in [-0.2, -0.15) is 0 Å². The molecule has 3 aromatic rings. The smallest absolute Gasteiger partial charge is 0.329 e. The van der Waals surface area contributed by atoms with E-state index in [1.807, 2.05) is 91.0 Å². The van der Waals surface area contributed by atoms with Gasteiger partial charge in [0.05, 0.1) is 69.0 Å². The van der Waals surface area contributed by atoms with Crippen molar-refractivity contribution in [1.29, 1.82) is 0 Å². The summed E-state index contributed by atoms with van der Waals surface area (Å²) in [6.07, 6.45) is -6.65. The minimum atomic E-state index is -1.31. The Bertz CT molecular complexity index is 1850. The van der Waals surface area contributed by atoms with Gasteiger partial charge in [0.15, 0.2) is 0 Å². The fraction of sp³-hybridized carbons (Fsp3) is 0.457. The molecule has 1 saturated carbocycles. The van der Waals surface area contributed by atoms with Crippen LogP contribution < -0.4 is 0 Å². The Hall–Kier alpha value is -5.83. The van der Waals surface area contributed by atoms with Gasteiger partial charge in [0.1, 0.15) is 12.7 Å². The molecule has 3 aromatic carbocycles. The number of hydrogen-bond acceptors (Lipinski definition) is 10. The zero-order valence-electron chi connectivity index (χ0n) is 28.9. The van der Waals surface area contributed by atoms with Crippen molar-refractivity contribution in [3.8, 4) is 0 Å². The number of benzene rings is 3. The van der Waals surface area contributed by atoms with Crippen LogP contribution in [0.3, 0.4) is 0 Å². The Morgan fingerprint density at radius 2 is 1.15 bits per heavy atom. The number of carbonyl (C=O) groups is 1. The van der Waals surface area contributed by atoms with Crippen LogP contribution in [0.15, 0.2) is 111 Å². The highest BCUT2D eigenvalue weighted by molar-refractivity contribution is 5.68. The number of carboxylic acids is 1. The fourth-order valence-electron chi connectivity index (χ4n) is 6.97. The summed E-state index contributed by atoms with van der Waals surface area (Å²) in [7, 11) is 0. The SMILES string of the molecule is [N-]=[N+]=NC[C@H]1O[C@H]([C@H]2[C@H](OCC(=O)O)[C@@H](OCc3ccccc3)[C@H](N=[N+]=[N-])C[C@@H]2N=[N+]=[N-])[C@H](N=[N+]=[N-])[C@@H](OCc2ccccc2)[C@@H]1OCc1ccccc1. The molecule has 2 aliphatic rings. The third kappa shape index (κ3) is 10.4.